The van der Waals surface area contributed by atoms with E-state index in [0.29, 0.717) is 0 Å². The molecule has 1 heterocycles. The molecule has 0 saturated heterocycles. The molecule has 0 unspecified atom stereocenters. The highest BCUT2D eigenvalue weighted by molar-refractivity contribution is 6.21. The van der Waals surface area contributed by atoms with Crippen LogP contribution in [0.2, 0.25) is 0 Å². The van der Waals surface area contributed by atoms with Gasteiger partial charge in [-0.3, -0.25) is 0 Å². The Hall–Kier alpha value is -10.0. The van der Waals surface area contributed by atoms with Crippen molar-refractivity contribution in [3.8, 4) is 72.4 Å². The molecule has 0 N–H and O–H groups in total. The molecular formula is C74H50N2. The van der Waals surface area contributed by atoms with E-state index in [1.165, 1.54) is 99.1 Å². The topological polar surface area (TPSA) is 8.17 Å². The molecule has 0 radical (unpaired) electrons. The summed E-state index contributed by atoms with van der Waals surface area (Å²) >= 11 is 0. The van der Waals surface area contributed by atoms with Crippen LogP contribution >= 0.6 is 0 Å². The first-order chi connectivity index (χ1) is 37.7. The highest BCUT2D eigenvalue weighted by Crippen LogP contribution is 2.45. The van der Waals surface area contributed by atoms with Crippen molar-refractivity contribution < 1.29 is 0 Å². The van der Waals surface area contributed by atoms with E-state index >= 15 is 0 Å². The van der Waals surface area contributed by atoms with Gasteiger partial charge in [-0.15, -0.1) is 0 Å². The summed E-state index contributed by atoms with van der Waals surface area (Å²) in [6.07, 6.45) is 0. The van der Waals surface area contributed by atoms with Crippen LogP contribution in [0.3, 0.4) is 0 Å². The Morgan fingerprint density at radius 2 is 0.500 bits per heavy atom. The maximum Gasteiger partial charge on any atom is 0.0541 e. The normalized spacial score (nSPS) is 11.4. The van der Waals surface area contributed by atoms with Gasteiger partial charge in [-0.2, -0.15) is 0 Å². The molecule has 76 heavy (non-hydrogen) atoms. The molecule has 2 heteroatoms. The number of para-hydroxylation sites is 1. The molecule has 14 rings (SSSR count). The number of fused-ring (bicyclic) bond motifs is 5. The van der Waals surface area contributed by atoms with Crippen molar-refractivity contribution in [1.29, 1.82) is 0 Å². The molecule has 0 aliphatic carbocycles. The molecule has 1 aromatic heterocycles. The Labute approximate surface area is 443 Å². The zero-order valence-electron chi connectivity index (χ0n) is 41.8. The smallest absolute Gasteiger partial charge is 0.0541 e. The van der Waals surface area contributed by atoms with E-state index in [-0.39, 0.29) is 0 Å². The average Bonchev–Trinajstić information content (AvgIpc) is 3.89. The monoisotopic (exact) mass is 966 g/mol. The Balaban J connectivity index is 0.873. The molecule has 0 bridgehead atoms. The highest BCUT2D eigenvalue weighted by Gasteiger charge is 2.20. The van der Waals surface area contributed by atoms with Gasteiger partial charge in [-0.1, -0.05) is 218 Å². The summed E-state index contributed by atoms with van der Waals surface area (Å²) in [7, 11) is 0. The van der Waals surface area contributed by atoms with E-state index in [9.17, 15) is 0 Å². The summed E-state index contributed by atoms with van der Waals surface area (Å²) in [5, 5.41) is 7.42. The number of hydrogen-bond donors (Lipinski definition) is 0. The van der Waals surface area contributed by atoms with E-state index in [4.69, 9.17) is 0 Å². The number of anilines is 3. The van der Waals surface area contributed by atoms with Crippen molar-refractivity contribution in [1.82, 2.24) is 4.57 Å². The Bertz CT molecular complexity index is 4210. The van der Waals surface area contributed by atoms with Crippen LogP contribution in [0.15, 0.2) is 303 Å². The first-order valence-corrected chi connectivity index (χ1v) is 26.2. The third kappa shape index (κ3) is 8.01. The van der Waals surface area contributed by atoms with E-state index in [0.717, 1.165) is 33.8 Å². The molecule has 0 fully saturated rings. The molecule has 0 aliphatic rings. The van der Waals surface area contributed by atoms with E-state index < -0.39 is 0 Å². The summed E-state index contributed by atoms with van der Waals surface area (Å²) in [4.78, 5) is 2.36. The molecule has 2 nitrogen and oxygen atoms in total. The minimum atomic E-state index is 1.08. The first kappa shape index (κ1) is 44.7. The van der Waals surface area contributed by atoms with E-state index in [1.54, 1.807) is 0 Å². The Morgan fingerprint density at radius 3 is 0.934 bits per heavy atom. The number of hydrogen-bond acceptors (Lipinski definition) is 1. The van der Waals surface area contributed by atoms with Crippen molar-refractivity contribution >= 4 is 60.4 Å². The summed E-state index contributed by atoms with van der Waals surface area (Å²) in [6, 6.07) is 111. The summed E-state index contributed by atoms with van der Waals surface area (Å²) < 4.78 is 2.43. The van der Waals surface area contributed by atoms with Crippen LogP contribution in [0.5, 0.6) is 0 Å². The highest BCUT2D eigenvalue weighted by atomic mass is 15.1. The maximum atomic E-state index is 2.43. The fraction of sp³-hybridized carbons (Fsp3) is 0. The van der Waals surface area contributed by atoms with Crippen molar-refractivity contribution in [3.63, 3.8) is 0 Å². The van der Waals surface area contributed by atoms with E-state index in [2.05, 4.69) is 313 Å². The molecule has 0 saturated carbocycles. The quantitative estimate of drug-likeness (QED) is 0.124. The Kier molecular flexibility index (Phi) is 11.2. The summed E-state index contributed by atoms with van der Waals surface area (Å²) in [5.74, 6) is 0. The minimum Gasteiger partial charge on any atom is -0.311 e. The summed E-state index contributed by atoms with van der Waals surface area (Å²) in [6.45, 7) is 0. The molecule has 14 aromatic rings. The predicted octanol–water partition coefficient (Wildman–Crippen LogP) is 20.6. The van der Waals surface area contributed by atoms with Gasteiger partial charge in [-0.05, 0) is 173 Å². The van der Waals surface area contributed by atoms with Gasteiger partial charge in [0.05, 0.1) is 11.0 Å². The zero-order valence-corrected chi connectivity index (χ0v) is 41.8. The molecule has 356 valence electrons. The van der Waals surface area contributed by atoms with Gasteiger partial charge in [0.1, 0.15) is 0 Å². The largest absolute Gasteiger partial charge is 0.311 e. The summed E-state index contributed by atoms with van der Waals surface area (Å²) in [5.41, 5.74) is 21.2. The number of rotatable bonds is 10. The molecule has 0 atom stereocenters. The van der Waals surface area contributed by atoms with Gasteiger partial charge in [0.2, 0.25) is 0 Å². The van der Waals surface area contributed by atoms with Gasteiger partial charge in [0.15, 0.2) is 0 Å². The molecule has 13 aromatic carbocycles. The first-order valence-electron chi connectivity index (χ1n) is 26.2. The van der Waals surface area contributed by atoms with Gasteiger partial charge in [0, 0.05) is 33.5 Å². The molecular weight excluding hydrogens is 917 g/mol. The number of nitrogens with zero attached hydrogens (tertiary/aromatic N) is 2. The fourth-order valence-corrected chi connectivity index (χ4v) is 11.6. The second kappa shape index (κ2) is 19.1. The second-order valence-corrected chi connectivity index (χ2v) is 19.6. The van der Waals surface area contributed by atoms with Crippen LogP contribution in [0.4, 0.5) is 17.1 Å². The molecule has 0 spiro atoms. The van der Waals surface area contributed by atoms with Gasteiger partial charge in [-0.25, -0.2) is 0 Å². The lowest BCUT2D eigenvalue weighted by atomic mass is 9.86. The van der Waals surface area contributed by atoms with Gasteiger partial charge >= 0.3 is 0 Å². The lowest BCUT2D eigenvalue weighted by molar-refractivity contribution is 1.17. The fourth-order valence-electron chi connectivity index (χ4n) is 11.6. The number of aromatic nitrogens is 1. The third-order valence-corrected chi connectivity index (χ3v) is 15.2. The van der Waals surface area contributed by atoms with Crippen LogP contribution in [0.1, 0.15) is 0 Å². The average molecular weight is 967 g/mol. The minimum absolute atomic E-state index is 1.08. The number of benzene rings is 13. The van der Waals surface area contributed by atoms with Crippen LogP contribution in [-0.4, -0.2) is 4.57 Å². The SMILES string of the molecule is c1ccc(-c2cccc(-c3ccc4c(c3)c3cc(-c5cccc(-c6ccccc6)c5)ccc3n4-c3ccc(N(c4ccccc4)c4ccc(-c5c6ccccc6c(-c6ccccc6)c6ccccc56)cc4)cc3)c2)cc1. The molecule has 0 aliphatic heterocycles. The van der Waals surface area contributed by atoms with Gasteiger partial charge < -0.3 is 9.47 Å². The van der Waals surface area contributed by atoms with Crippen molar-refractivity contribution in [2.45, 2.75) is 0 Å². The molecule has 0 amide bonds. The van der Waals surface area contributed by atoms with Crippen LogP contribution in [0, 0.1) is 0 Å². The van der Waals surface area contributed by atoms with Crippen molar-refractivity contribution in [2.24, 2.45) is 0 Å². The van der Waals surface area contributed by atoms with Gasteiger partial charge in [0.25, 0.3) is 0 Å². The van der Waals surface area contributed by atoms with Crippen LogP contribution in [0.25, 0.3) is 116 Å². The van der Waals surface area contributed by atoms with Crippen molar-refractivity contribution in [2.75, 3.05) is 4.90 Å². The zero-order chi connectivity index (χ0) is 50.4. The second-order valence-electron chi connectivity index (χ2n) is 19.6. The third-order valence-electron chi connectivity index (χ3n) is 15.2. The maximum absolute atomic E-state index is 2.43. The predicted molar refractivity (Wildman–Crippen MR) is 323 cm³/mol. The van der Waals surface area contributed by atoms with Crippen LogP contribution < -0.4 is 4.90 Å². The lowest BCUT2D eigenvalue weighted by Gasteiger charge is -2.26. The van der Waals surface area contributed by atoms with E-state index in [1.807, 2.05) is 0 Å². The Morgan fingerprint density at radius 1 is 0.197 bits per heavy atom. The van der Waals surface area contributed by atoms with Crippen LogP contribution in [-0.2, 0) is 0 Å². The lowest BCUT2D eigenvalue weighted by Crippen LogP contribution is -2.10. The van der Waals surface area contributed by atoms with Crippen molar-refractivity contribution in [3.05, 3.63) is 303 Å². The standard InChI is InChI=1S/C74H50N2/c1-5-19-51(20-6-1)55-25-17-27-57(47-55)59-37-45-71-69(49-59)70-50-60(58-28-18-26-56(48-58)52-21-7-2-8-22-52)38-46-72(70)76(71)64-43-41-63(42-44-64)75(61-29-11-4-12-30-61)62-39-35-54(36-40-62)74-67-33-15-13-31-65(67)73(53-23-9-3-10-24-53)66-32-14-16-34-68(66)74/h1-50H.